The van der Waals surface area contributed by atoms with Gasteiger partial charge in [-0.25, -0.2) is 4.98 Å². The quantitative estimate of drug-likeness (QED) is 0.293. The van der Waals surface area contributed by atoms with E-state index in [0.717, 1.165) is 44.8 Å². The van der Waals surface area contributed by atoms with Gasteiger partial charge in [0.15, 0.2) is 5.76 Å². The Hall–Kier alpha value is -3.36. The molecule has 0 atom stereocenters. The van der Waals surface area contributed by atoms with Crippen LogP contribution in [0.5, 0.6) is 5.75 Å². The standard InChI is InChI=1S/C23H24N4O4/c28-25-20-15-23(21-13-17-3-1-7-27(17)16-24-21)31-22-14-18(4-5-19(20)22)30-10-2-6-26-8-11-29-12-9-26/h1,3-5,7,13-16,28H,2,6,8-12H2/b25-20+. The van der Waals surface area contributed by atoms with Gasteiger partial charge >= 0.3 is 0 Å². The summed E-state index contributed by atoms with van der Waals surface area (Å²) in [6.45, 7) is 5.18. The van der Waals surface area contributed by atoms with Gasteiger partial charge in [0, 0.05) is 48.9 Å². The van der Waals surface area contributed by atoms with Gasteiger partial charge < -0.3 is 23.5 Å². The Morgan fingerprint density at radius 2 is 2.03 bits per heavy atom. The Labute approximate surface area is 178 Å². The van der Waals surface area contributed by atoms with Crippen molar-refractivity contribution in [1.29, 1.82) is 0 Å². The predicted molar refractivity (Wildman–Crippen MR) is 115 cm³/mol. The molecular formula is C23H24N4O4. The van der Waals surface area contributed by atoms with Gasteiger partial charge in [-0.2, -0.15) is 0 Å². The molecule has 0 saturated carbocycles. The molecule has 3 aromatic heterocycles. The second-order valence-electron chi connectivity index (χ2n) is 7.52. The highest BCUT2D eigenvalue weighted by molar-refractivity contribution is 5.79. The normalized spacial score (nSPS) is 15.7. The van der Waals surface area contributed by atoms with Crippen molar-refractivity contribution in [2.75, 3.05) is 39.5 Å². The first kappa shape index (κ1) is 19.6. The second-order valence-corrected chi connectivity index (χ2v) is 7.52. The van der Waals surface area contributed by atoms with Crippen LogP contribution < -0.4 is 10.1 Å². The Bertz CT molecular complexity index is 1260. The van der Waals surface area contributed by atoms with Crippen LogP contribution in [-0.2, 0) is 4.74 Å². The topological polar surface area (TPSA) is 84.7 Å². The van der Waals surface area contributed by atoms with E-state index in [-0.39, 0.29) is 0 Å². The van der Waals surface area contributed by atoms with Crippen LogP contribution >= 0.6 is 0 Å². The van der Waals surface area contributed by atoms with Crippen LogP contribution in [0.25, 0.3) is 27.9 Å². The van der Waals surface area contributed by atoms with Gasteiger partial charge in [0.1, 0.15) is 22.4 Å². The van der Waals surface area contributed by atoms with Gasteiger partial charge in [-0.05, 0) is 36.8 Å². The van der Waals surface area contributed by atoms with Crippen LogP contribution in [0.4, 0.5) is 0 Å². The lowest BCUT2D eigenvalue weighted by molar-refractivity contribution is 0.0358. The van der Waals surface area contributed by atoms with Gasteiger partial charge in [0.25, 0.3) is 0 Å². The minimum Gasteiger partial charge on any atom is -0.493 e. The molecule has 1 N–H and O–H groups in total. The number of benzene rings is 1. The largest absolute Gasteiger partial charge is 0.493 e. The van der Waals surface area contributed by atoms with Crippen LogP contribution in [-0.4, -0.2) is 58.9 Å². The summed E-state index contributed by atoms with van der Waals surface area (Å²) in [6, 6.07) is 13.1. The van der Waals surface area contributed by atoms with E-state index >= 15 is 0 Å². The Kier molecular flexibility index (Phi) is 5.56. The molecule has 1 aliphatic heterocycles. The molecule has 1 saturated heterocycles. The summed E-state index contributed by atoms with van der Waals surface area (Å²) >= 11 is 0. The van der Waals surface area contributed by atoms with E-state index in [1.807, 2.05) is 47.0 Å². The summed E-state index contributed by atoms with van der Waals surface area (Å²) in [5.41, 5.74) is 2.24. The molecule has 31 heavy (non-hydrogen) atoms. The lowest BCUT2D eigenvalue weighted by Gasteiger charge is -2.26. The smallest absolute Gasteiger partial charge is 0.155 e. The van der Waals surface area contributed by atoms with Gasteiger partial charge in [0.2, 0.25) is 0 Å². The molecule has 0 amide bonds. The molecule has 160 valence electrons. The molecule has 5 rings (SSSR count). The van der Waals surface area contributed by atoms with Crippen molar-refractivity contribution >= 4 is 16.5 Å². The first-order valence-electron chi connectivity index (χ1n) is 10.4. The van der Waals surface area contributed by atoms with Gasteiger partial charge in [-0.3, -0.25) is 4.90 Å². The highest BCUT2D eigenvalue weighted by Gasteiger charge is 2.11. The molecule has 1 fully saturated rings. The highest BCUT2D eigenvalue weighted by atomic mass is 16.5. The second kappa shape index (κ2) is 8.79. The van der Waals surface area contributed by atoms with E-state index in [1.165, 1.54) is 0 Å². The third-order valence-corrected chi connectivity index (χ3v) is 5.49. The molecule has 1 aliphatic rings. The Morgan fingerprint density at radius 3 is 2.90 bits per heavy atom. The molecule has 0 spiro atoms. The first-order valence-corrected chi connectivity index (χ1v) is 10.4. The zero-order valence-corrected chi connectivity index (χ0v) is 17.1. The predicted octanol–water partition coefficient (Wildman–Crippen LogP) is 3.14. The van der Waals surface area contributed by atoms with Crippen LogP contribution in [0.15, 0.2) is 64.6 Å². The molecule has 4 aromatic rings. The van der Waals surface area contributed by atoms with Crippen molar-refractivity contribution in [3.05, 3.63) is 60.3 Å². The molecule has 8 heteroatoms. The van der Waals surface area contributed by atoms with Crippen LogP contribution in [0.3, 0.4) is 0 Å². The molecule has 1 aromatic carbocycles. The average molecular weight is 420 g/mol. The lowest BCUT2D eigenvalue weighted by atomic mass is 10.2. The minimum absolute atomic E-state index is 0.423. The van der Waals surface area contributed by atoms with E-state index in [1.54, 1.807) is 12.4 Å². The van der Waals surface area contributed by atoms with E-state index in [9.17, 15) is 5.21 Å². The fourth-order valence-corrected chi connectivity index (χ4v) is 3.82. The number of fused-ring (bicyclic) bond motifs is 2. The number of hydrogen-bond donors (Lipinski definition) is 1. The molecule has 0 unspecified atom stereocenters. The van der Waals surface area contributed by atoms with Gasteiger partial charge in [0.05, 0.1) is 26.1 Å². The molecule has 8 nitrogen and oxygen atoms in total. The molecule has 0 bridgehead atoms. The van der Waals surface area contributed by atoms with Crippen molar-refractivity contribution in [2.24, 2.45) is 5.16 Å². The third-order valence-electron chi connectivity index (χ3n) is 5.49. The summed E-state index contributed by atoms with van der Waals surface area (Å²) in [5.74, 6) is 1.24. The van der Waals surface area contributed by atoms with Gasteiger partial charge in [-0.1, -0.05) is 5.16 Å². The van der Waals surface area contributed by atoms with E-state index in [2.05, 4.69) is 15.0 Å². The Morgan fingerprint density at radius 1 is 1.13 bits per heavy atom. The summed E-state index contributed by atoms with van der Waals surface area (Å²) in [7, 11) is 0. The summed E-state index contributed by atoms with van der Waals surface area (Å²) in [6.07, 6.45) is 4.60. The maximum Gasteiger partial charge on any atom is 0.155 e. The Balaban J connectivity index is 1.36. The third kappa shape index (κ3) is 4.26. The van der Waals surface area contributed by atoms with E-state index < -0.39 is 0 Å². The number of morpholine rings is 1. The summed E-state index contributed by atoms with van der Waals surface area (Å²) in [5, 5.41) is 14.1. The fraction of sp³-hybridized carbons (Fsp3) is 0.304. The maximum absolute atomic E-state index is 9.53. The molecule has 0 radical (unpaired) electrons. The zero-order chi connectivity index (χ0) is 21.0. The number of aromatic nitrogens is 2. The van der Waals surface area contributed by atoms with E-state index in [4.69, 9.17) is 13.9 Å². The molecule has 0 aliphatic carbocycles. The average Bonchev–Trinajstić information content (AvgIpc) is 3.29. The van der Waals surface area contributed by atoms with Crippen LogP contribution in [0.1, 0.15) is 6.42 Å². The van der Waals surface area contributed by atoms with Crippen molar-refractivity contribution in [2.45, 2.75) is 6.42 Å². The zero-order valence-electron chi connectivity index (χ0n) is 17.1. The lowest BCUT2D eigenvalue weighted by Crippen LogP contribution is -2.37. The van der Waals surface area contributed by atoms with Crippen molar-refractivity contribution in [1.82, 2.24) is 14.3 Å². The summed E-state index contributed by atoms with van der Waals surface area (Å²) in [4.78, 5) is 6.85. The highest BCUT2D eigenvalue weighted by Crippen LogP contribution is 2.25. The first-order chi connectivity index (χ1) is 15.3. The van der Waals surface area contributed by atoms with Crippen LogP contribution in [0.2, 0.25) is 0 Å². The number of rotatable bonds is 6. The number of nitrogens with zero attached hydrogens (tertiary/aromatic N) is 4. The van der Waals surface area contributed by atoms with Crippen molar-refractivity contribution < 1.29 is 19.1 Å². The number of ether oxygens (including phenoxy) is 2. The van der Waals surface area contributed by atoms with Gasteiger partial charge in [-0.15, -0.1) is 0 Å². The van der Waals surface area contributed by atoms with Crippen molar-refractivity contribution in [3.8, 4) is 17.2 Å². The molecule has 4 heterocycles. The van der Waals surface area contributed by atoms with E-state index in [0.29, 0.717) is 40.1 Å². The van der Waals surface area contributed by atoms with Crippen LogP contribution in [0, 0.1) is 0 Å². The minimum atomic E-state index is 0.423. The fourth-order valence-electron chi connectivity index (χ4n) is 3.82. The summed E-state index contributed by atoms with van der Waals surface area (Å²) < 4.78 is 19.4. The molecular weight excluding hydrogens is 396 g/mol. The number of hydrogen-bond acceptors (Lipinski definition) is 7. The monoisotopic (exact) mass is 420 g/mol. The van der Waals surface area contributed by atoms with Crippen molar-refractivity contribution in [3.63, 3.8) is 0 Å². The maximum atomic E-state index is 9.53. The SMILES string of the molecule is O/N=c1\cc(-c2cc3cccn3cn2)oc2cc(OCCCN3CCOCC3)ccc12.